The molecule has 86 valence electrons. The number of benzene rings is 1. The van der Waals surface area contributed by atoms with E-state index in [0.717, 1.165) is 18.7 Å². The minimum absolute atomic E-state index is 0.0539. The Bertz CT molecular complexity index is 392. The van der Waals surface area contributed by atoms with Gasteiger partial charge >= 0.3 is 0 Å². The molecular weight excluding hydrogens is 202 g/mol. The van der Waals surface area contributed by atoms with Crippen LogP contribution in [0.3, 0.4) is 0 Å². The smallest absolute Gasteiger partial charge is 0.243 e. The third-order valence-electron chi connectivity index (χ3n) is 2.80. The van der Waals surface area contributed by atoms with Crippen molar-refractivity contribution >= 4 is 11.6 Å². The molecule has 1 aliphatic rings. The van der Waals surface area contributed by atoms with Gasteiger partial charge in [-0.1, -0.05) is 19.1 Å². The molecule has 1 saturated heterocycles. The van der Waals surface area contributed by atoms with Gasteiger partial charge in [0.15, 0.2) is 0 Å². The van der Waals surface area contributed by atoms with Gasteiger partial charge < -0.3 is 5.73 Å². The van der Waals surface area contributed by atoms with Gasteiger partial charge in [0, 0.05) is 0 Å². The fourth-order valence-corrected chi connectivity index (χ4v) is 1.86. The van der Waals surface area contributed by atoms with E-state index in [0.29, 0.717) is 6.54 Å². The van der Waals surface area contributed by atoms with Crippen LogP contribution < -0.4 is 16.2 Å². The molecule has 2 rings (SSSR count). The van der Waals surface area contributed by atoms with Crippen LogP contribution in [-0.2, 0) is 11.2 Å². The number of anilines is 1. The zero-order valence-electron chi connectivity index (χ0n) is 9.44. The largest absolute Gasteiger partial charge is 0.330 e. The van der Waals surface area contributed by atoms with Crippen molar-refractivity contribution < 1.29 is 4.79 Å². The predicted octanol–water partition coefficient (Wildman–Crippen LogP) is 0.675. The van der Waals surface area contributed by atoms with Gasteiger partial charge in [0.05, 0.1) is 18.2 Å². The van der Waals surface area contributed by atoms with Crippen LogP contribution in [0, 0.1) is 5.92 Å². The van der Waals surface area contributed by atoms with Crippen LogP contribution in [0.4, 0.5) is 5.69 Å². The topological polar surface area (TPSA) is 58.4 Å². The van der Waals surface area contributed by atoms with Crippen molar-refractivity contribution in [3.8, 4) is 0 Å². The zero-order valence-corrected chi connectivity index (χ0v) is 9.44. The third-order valence-corrected chi connectivity index (χ3v) is 2.80. The minimum Gasteiger partial charge on any atom is -0.330 e. The molecule has 4 nitrogen and oxygen atoms in total. The summed E-state index contributed by atoms with van der Waals surface area (Å²) in [6.07, 6.45) is 0.866. The maximum atomic E-state index is 11.4. The second kappa shape index (κ2) is 4.53. The second-order valence-electron chi connectivity index (χ2n) is 4.20. The molecule has 1 aromatic carbocycles. The first-order valence-electron chi connectivity index (χ1n) is 5.58. The third kappa shape index (κ3) is 2.17. The van der Waals surface area contributed by atoms with Crippen molar-refractivity contribution in [3.63, 3.8) is 0 Å². The fraction of sp³-hybridized carbons (Fsp3) is 0.417. The Kier molecular flexibility index (Phi) is 3.10. The first kappa shape index (κ1) is 11.0. The lowest BCUT2D eigenvalue weighted by atomic mass is 10.1. The molecule has 0 aromatic heterocycles. The molecule has 1 aromatic rings. The van der Waals surface area contributed by atoms with Crippen molar-refractivity contribution in [1.29, 1.82) is 0 Å². The molecular formula is C12H17N3O. The molecule has 1 amide bonds. The molecule has 3 N–H and O–H groups in total. The number of nitrogens with zero attached hydrogens (tertiary/aromatic N) is 1. The number of rotatable bonds is 3. The summed E-state index contributed by atoms with van der Waals surface area (Å²) in [5.74, 6) is 0.141. The Morgan fingerprint density at radius 2 is 2.38 bits per heavy atom. The van der Waals surface area contributed by atoms with Crippen LogP contribution in [0.2, 0.25) is 0 Å². The highest BCUT2D eigenvalue weighted by Crippen LogP contribution is 2.19. The molecule has 4 heteroatoms. The number of carbonyl (C=O) groups is 1. The van der Waals surface area contributed by atoms with Gasteiger partial charge in [-0.2, -0.15) is 0 Å². The molecule has 1 heterocycles. The molecule has 0 spiro atoms. The first-order valence-corrected chi connectivity index (χ1v) is 5.58. The summed E-state index contributed by atoms with van der Waals surface area (Å²) in [5, 5.41) is 1.90. The molecule has 1 atom stereocenters. The number of hydrogen-bond donors (Lipinski definition) is 2. The Hall–Kier alpha value is -1.55. The molecule has 1 unspecified atom stereocenters. The Balaban J connectivity index is 2.15. The van der Waals surface area contributed by atoms with Gasteiger partial charge in [0.2, 0.25) is 5.91 Å². The van der Waals surface area contributed by atoms with E-state index in [1.807, 2.05) is 24.1 Å². The van der Waals surface area contributed by atoms with Crippen molar-refractivity contribution in [2.75, 3.05) is 18.1 Å². The van der Waals surface area contributed by atoms with Gasteiger partial charge in [-0.25, -0.2) is 0 Å². The van der Waals surface area contributed by atoms with E-state index in [4.69, 9.17) is 5.73 Å². The van der Waals surface area contributed by atoms with E-state index in [1.165, 1.54) is 5.56 Å². The van der Waals surface area contributed by atoms with E-state index in [1.54, 1.807) is 0 Å². The molecule has 0 aliphatic carbocycles. The number of hydrazine groups is 1. The van der Waals surface area contributed by atoms with Gasteiger partial charge in [-0.15, -0.1) is 0 Å². The number of amides is 1. The highest BCUT2D eigenvalue weighted by atomic mass is 16.2. The van der Waals surface area contributed by atoms with Gasteiger partial charge in [0.1, 0.15) is 0 Å². The summed E-state index contributed by atoms with van der Waals surface area (Å²) < 4.78 is 0. The Labute approximate surface area is 95.4 Å². The van der Waals surface area contributed by atoms with Crippen LogP contribution in [0.25, 0.3) is 0 Å². The van der Waals surface area contributed by atoms with E-state index in [-0.39, 0.29) is 11.8 Å². The van der Waals surface area contributed by atoms with Gasteiger partial charge in [-0.3, -0.25) is 15.2 Å². The molecule has 0 saturated carbocycles. The molecule has 16 heavy (non-hydrogen) atoms. The number of hydrogen-bond acceptors (Lipinski definition) is 3. The summed E-state index contributed by atoms with van der Waals surface area (Å²) in [5.41, 5.74) is 10.6. The average molecular weight is 219 g/mol. The summed E-state index contributed by atoms with van der Waals surface area (Å²) in [7, 11) is 0. The lowest BCUT2D eigenvalue weighted by molar-refractivity contribution is -0.121. The SMILES string of the molecule is CC1CN(c2cccc(CCN)c2)NC1=O. The molecule has 1 aliphatic heterocycles. The fourth-order valence-electron chi connectivity index (χ4n) is 1.86. The second-order valence-corrected chi connectivity index (χ2v) is 4.20. The van der Waals surface area contributed by atoms with E-state index in [9.17, 15) is 4.79 Å². The number of nitrogens with two attached hydrogens (primary N) is 1. The monoisotopic (exact) mass is 219 g/mol. The maximum absolute atomic E-state index is 11.4. The standard InChI is InChI=1S/C12H17N3O/c1-9-8-15(14-12(9)16)11-4-2-3-10(7-11)5-6-13/h2-4,7,9H,5-6,8,13H2,1H3,(H,14,16). The van der Waals surface area contributed by atoms with Crippen molar-refractivity contribution in [3.05, 3.63) is 29.8 Å². The summed E-state index contributed by atoms with van der Waals surface area (Å²) in [6, 6.07) is 8.12. The number of carbonyl (C=O) groups excluding carboxylic acids is 1. The van der Waals surface area contributed by atoms with Crippen molar-refractivity contribution in [2.24, 2.45) is 11.7 Å². The average Bonchev–Trinajstić information content (AvgIpc) is 2.60. The van der Waals surface area contributed by atoms with Crippen LogP contribution in [0.1, 0.15) is 12.5 Å². The van der Waals surface area contributed by atoms with Crippen LogP contribution >= 0.6 is 0 Å². The lowest BCUT2D eigenvalue weighted by Gasteiger charge is -2.18. The van der Waals surface area contributed by atoms with Crippen LogP contribution in [0.15, 0.2) is 24.3 Å². The van der Waals surface area contributed by atoms with Gasteiger partial charge in [-0.05, 0) is 30.7 Å². The first-order chi connectivity index (χ1) is 7.70. The quantitative estimate of drug-likeness (QED) is 0.785. The van der Waals surface area contributed by atoms with Crippen molar-refractivity contribution in [2.45, 2.75) is 13.3 Å². The van der Waals surface area contributed by atoms with E-state index >= 15 is 0 Å². The van der Waals surface area contributed by atoms with Crippen LogP contribution in [0.5, 0.6) is 0 Å². The summed E-state index contributed by atoms with van der Waals surface area (Å²) in [4.78, 5) is 11.4. The zero-order chi connectivity index (χ0) is 11.5. The Morgan fingerprint density at radius 1 is 1.56 bits per heavy atom. The Morgan fingerprint density at radius 3 is 3.00 bits per heavy atom. The van der Waals surface area contributed by atoms with E-state index < -0.39 is 0 Å². The maximum Gasteiger partial charge on any atom is 0.243 e. The summed E-state index contributed by atoms with van der Waals surface area (Å²) in [6.45, 7) is 3.30. The lowest BCUT2D eigenvalue weighted by Crippen LogP contribution is -2.32. The predicted molar refractivity (Wildman–Crippen MR) is 63.9 cm³/mol. The van der Waals surface area contributed by atoms with E-state index in [2.05, 4.69) is 17.6 Å². The molecule has 0 radical (unpaired) electrons. The number of nitrogens with one attached hydrogen (secondary N) is 1. The minimum atomic E-state index is 0.0539. The summed E-state index contributed by atoms with van der Waals surface area (Å²) >= 11 is 0. The highest BCUT2D eigenvalue weighted by Gasteiger charge is 2.26. The van der Waals surface area contributed by atoms with Gasteiger partial charge in [0.25, 0.3) is 0 Å². The molecule has 1 fully saturated rings. The van der Waals surface area contributed by atoms with Crippen LogP contribution in [-0.4, -0.2) is 19.0 Å². The normalized spacial score (nSPS) is 20.0. The molecule has 0 bridgehead atoms. The van der Waals surface area contributed by atoms with Crippen molar-refractivity contribution in [1.82, 2.24) is 5.43 Å². The highest BCUT2D eigenvalue weighted by molar-refractivity contribution is 5.83.